The summed E-state index contributed by atoms with van der Waals surface area (Å²) in [5.41, 5.74) is -1.38. The van der Waals surface area contributed by atoms with Gasteiger partial charge in [-0.05, 0) is 66.7 Å². The molecule has 1 N–H and O–H groups in total. The summed E-state index contributed by atoms with van der Waals surface area (Å²) in [6.45, 7) is 0. The van der Waals surface area contributed by atoms with E-state index in [1.807, 2.05) is 6.26 Å². The van der Waals surface area contributed by atoms with Crippen molar-refractivity contribution >= 4 is 47.2 Å². The van der Waals surface area contributed by atoms with Crippen molar-refractivity contribution in [2.24, 2.45) is 17.3 Å². The van der Waals surface area contributed by atoms with Crippen LogP contribution in [0, 0.1) is 17.3 Å². The van der Waals surface area contributed by atoms with Crippen molar-refractivity contribution in [3.8, 4) is 0 Å². The topological polar surface area (TPSA) is 141 Å². The van der Waals surface area contributed by atoms with Gasteiger partial charge in [-0.15, -0.1) is 0 Å². The molecule has 212 valence electrons. The second-order valence-electron chi connectivity index (χ2n) is 10.2. The third-order valence-corrected chi connectivity index (χ3v) is 8.95. The number of furan rings is 1. The molecule has 12 heteroatoms. The van der Waals surface area contributed by atoms with Crippen LogP contribution < -0.4 is 10.2 Å². The summed E-state index contributed by atoms with van der Waals surface area (Å²) in [7, 11) is 3.67. The molecule has 0 unspecified atom stereocenters. The van der Waals surface area contributed by atoms with Crippen LogP contribution in [-0.2, 0) is 51.0 Å². The standard InChI is InChI=1S/C28H30N2O9S/c1-36-24(33)27(25(34)37-2)13-15-7-8-17(12-16(15)14-27)30-22(31)19-20(23(30)32)28(9-11-40-4,26(35)38-3)29-21(19)18-6-5-10-39-18/h5-8,10,12,19-21,29H,9,11,13-14H2,1-4H3/t19-,20-,21-,28-/m0/s1. The smallest absolute Gasteiger partial charge is 0.326 e. The predicted octanol–water partition coefficient (Wildman–Crippen LogP) is 1.83. The highest BCUT2D eigenvalue weighted by Gasteiger charge is 2.69. The Morgan fingerprint density at radius 2 is 1.68 bits per heavy atom. The molecule has 5 rings (SSSR count). The van der Waals surface area contributed by atoms with E-state index in [0.717, 1.165) is 4.90 Å². The number of anilines is 1. The van der Waals surface area contributed by atoms with Crippen LogP contribution >= 0.6 is 11.8 Å². The first-order valence-corrected chi connectivity index (χ1v) is 14.1. The number of fused-ring (bicyclic) bond motifs is 2. The van der Waals surface area contributed by atoms with Gasteiger partial charge in [0.05, 0.1) is 51.2 Å². The fourth-order valence-corrected chi connectivity index (χ4v) is 7.02. The molecule has 1 aliphatic carbocycles. The summed E-state index contributed by atoms with van der Waals surface area (Å²) < 4.78 is 20.6. The lowest BCUT2D eigenvalue weighted by Gasteiger charge is -2.32. The fourth-order valence-electron chi connectivity index (χ4n) is 6.50. The minimum absolute atomic E-state index is 0.00497. The van der Waals surface area contributed by atoms with E-state index >= 15 is 0 Å². The largest absolute Gasteiger partial charge is 0.468 e. The van der Waals surface area contributed by atoms with E-state index < -0.39 is 58.6 Å². The maximum absolute atomic E-state index is 14.1. The van der Waals surface area contributed by atoms with E-state index in [0.29, 0.717) is 22.6 Å². The Morgan fingerprint density at radius 3 is 2.27 bits per heavy atom. The Hall–Kier alpha value is -3.64. The molecule has 3 heterocycles. The van der Waals surface area contributed by atoms with Gasteiger partial charge >= 0.3 is 17.9 Å². The molecule has 11 nitrogen and oxygen atoms in total. The summed E-state index contributed by atoms with van der Waals surface area (Å²) in [5, 5.41) is 3.26. The molecule has 2 saturated heterocycles. The number of hydrogen-bond acceptors (Lipinski definition) is 11. The van der Waals surface area contributed by atoms with Crippen molar-refractivity contribution in [1.82, 2.24) is 5.32 Å². The number of imide groups is 1. The molecule has 0 saturated carbocycles. The van der Waals surface area contributed by atoms with Gasteiger partial charge in [0.15, 0.2) is 5.41 Å². The molecule has 0 spiro atoms. The number of nitrogens with zero attached hydrogens (tertiary/aromatic N) is 1. The molecular weight excluding hydrogens is 540 g/mol. The molecule has 1 aromatic carbocycles. The zero-order valence-corrected chi connectivity index (χ0v) is 23.4. The second kappa shape index (κ2) is 10.4. The number of methoxy groups -OCH3 is 3. The first-order chi connectivity index (χ1) is 19.2. The van der Waals surface area contributed by atoms with Crippen molar-refractivity contribution in [1.29, 1.82) is 0 Å². The van der Waals surface area contributed by atoms with Crippen LogP contribution in [0.3, 0.4) is 0 Å². The van der Waals surface area contributed by atoms with Crippen molar-refractivity contribution in [3.63, 3.8) is 0 Å². The van der Waals surface area contributed by atoms with E-state index in [1.165, 1.54) is 39.4 Å². The van der Waals surface area contributed by atoms with Gasteiger partial charge in [-0.2, -0.15) is 11.8 Å². The Kier molecular flexibility index (Phi) is 7.26. The average molecular weight is 571 g/mol. The summed E-state index contributed by atoms with van der Waals surface area (Å²) >= 11 is 1.51. The lowest BCUT2D eigenvalue weighted by Crippen LogP contribution is -2.56. The number of amides is 2. The minimum Gasteiger partial charge on any atom is -0.468 e. The van der Waals surface area contributed by atoms with Gasteiger partial charge in [0.25, 0.3) is 0 Å². The highest BCUT2D eigenvalue weighted by molar-refractivity contribution is 7.98. The average Bonchev–Trinajstić information content (AvgIpc) is 3.74. The second-order valence-corrected chi connectivity index (χ2v) is 11.2. The number of rotatable bonds is 8. The van der Waals surface area contributed by atoms with Crippen molar-refractivity contribution in [2.75, 3.05) is 38.2 Å². The molecular formula is C28H30N2O9S. The van der Waals surface area contributed by atoms with Gasteiger partial charge in [-0.1, -0.05) is 6.07 Å². The van der Waals surface area contributed by atoms with E-state index in [9.17, 15) is 24.0 Å². The number of carbonyl (C=O) groups is 5. The minimum atomic E-state index is -1.55. The van der Waals surface area contributed by atoms with Crippen molar-refractivity contribution in [3.05, 3.63) is 53.5 Å². The first-order valence-electron chi connectivity index (χ1n) is 12.7. The summed E-state index contributed by atoms with van der Waals surface area (Å²) in [6.07, 6.45) is 3.69. The molecule has 0 bridgehead atoms. The molecule has 2 aromatic rings. The number of ether oxygens (including phenoxy) is 3. The van der Waals surface area contributed by atoms with Gasteiger partial charge in [-0.25, -0.2) is 4.90 Å². The Labute approximate surface area is 234 Å². The van der Waals surface area contributed by atoms with Gasteiger partial charge in [0.1, 0.15) is 11.3 Å². The summed E-state index contributed by atoms with van der Waals surface area (Å²) in [5.74, 6) is -4.06. The Morgan fingerprint density at radius 1 is 1.00 bits per heavy atom. The summed E-state index contributed by atoms with van der Waals surface area (Å²) in [4.78, 5) is 67.9. The first kappa shape index (κ1) is 27.9. The highest BCUT2D eigenvalue weighted by Crippen LogP contribution is 2.52. The van der Waals surface area contributed by atoms with Gasteiger partial charge in [0, 0.05) is 0 Å². The zero-order valence-electron chi connectivity index (χ0n) is 22.6. The lowest BCUT2D eigenvalue weighted by molar-refractivity contribution is -0.168. The van der Waals surface area contributed by atoms with Gasteiger partial charge in [0.2, 0.25) is 11.8 Å². The third kappa shape index (κ3) is 3.95. The SMILES string of the molecule is COC(=O)C1(C(=O)OC)Cc2ccc(N3C(=O)[C@H]4[C@@H](C3=O)[C@@](CCSC)(C(=O)OC)N[C@H]4c3ccco3)cc2C1. The van der Waals surface area contributed by atoms with Crippen LogP contribution in [0.4, 0.5) is 5.69 Å². The molecule has 4 atom stereocenters. The van der Waals surface area contributed by atoms with E-state index in [1.54, 1.807) is 30.3 Å². The molecule has 2 aliphatic heterocycles. The monoisotopic (exact) mass is 570 g/mol. The zero-order chi connectivity index (χ0) is 28.8. The Bertz CT molecular complexity index is 1360. The normalized spacial score (nSPS) is 26.4. The van der Waals surface area contributed by atoms with Crippen LogP contribution in [-0.4, -0.2) is 68.6 Å². The number of hydrogen-bond donors (Lipinski definition) is 1. The molecule has 0 radical (unpaired) electrons. The van der Waals surface area contributed by atoms with Crippen LogP contribution in [0.15, 0.2) is 41.0 Å². The third-order valence-electron chi connectivity index (χ3n) is 8.34. The van der Waals surface area contributed by atoms with Crippen LogP contribution in [0.1, 0.15) is 29.3 Å². The summed E-state index contributed by atoms with van der Waals surface area (Å²) in [6, 6.07) is 7.58. The number of benzene rings is 1. The molecule has 2 amide bonds. The molecule has 2 fully saturated rings. The van der Waals surface area contributed by atoms with Crippen molar-refractivity contribution in [2.45, 2.75) is 30.8 Å². The van der Waals surface area contributed by atoms with E-state index in [2.05, 4.69) is 5.32 Å². The lowest BCUT2D eigenvalue weighted by atomic mass is 9.78. The highest BCUT2D eigenvalue weighted by atomic mass is 32.2. The fraction of sp³-hybridized carbons (Fsp3) is 0.464. The van der Waals surface area contributed by atoms with Crippen LogP contribution in [0.2, 0.25) is 0 Å². The number of thioether (sulfide) groups is 1. The van der Waals surface area contributed by atoms with Gasteiger partial charge in [-0.3, -0.25) is 29.3 Å². The predicted molar refractivity (Wildman–Crippen MR) is 142 cm³/mol. The van der Waals surface area contributed by atoms with Crippen molar-refractivity contribution < 1.29 is 42.6 Å². The number of carbonyl (C=O) groups excluding carboxylic acids is 5. The number of esters is 3. The quantitative estimate of drug-likeness (QED) is 0.215. The molecule has 1 aromatic heterocycles. The molecule has 40 heavy (non-hydrogen) atoms. The maximum Gasteiger partial charge on any atom is 0.326 e. The maximum atomic E-state index is 14.1. The Balaban J connectivity index is 1.56. The van der Waals surface area contributed by atoms with Crippen LogP contribution in [0.25, 0.3) is 0 Å². The van der Waals surface area contributed by atoms with Gasteiger partial charge < -0.3 is 18.6 Å². The van der Waals surface area contributed by atoms with Crippen LogP contribution in [0.5, 0.6) is 0 Å². The number of nitrogens with one attached hydrogen (secondary N) is 1. The van der Waals surface area contributed by atoms with E-state index in [-0.39, 0.29) is 24.9 Å². The molecule has 3 aliphatic rings. The van der Waals surface area contributed by atoms with E-state index in [4.69, 9.17) is 18.6 Å².